The highest BCUT2D eigenvalue weighted by atomic mass is 35.5. The van der Waals surface area contributed by atoms with E-state index in [1.807, 2.05) is 31.2 Å². The molecule has 0 N–H and O–H groups in total. The van der Waals surface area contributed by atoms with Crippen LogP contribution in [0.5, 0.6) is 5.75 Å². The van der Waals surface area contributed by atoms with Gasteiger partial charge in [-0.05, 0) is 54.8 Å². The summed E-state index contributed by atoms with van der Waals surface area (Å²) in [5, 5.41) is -0.341. The minimum Gasteiger partial charge on any atom is -0.426 e. The van der Waals surface area contributed by atoms with Crippen LogP contribution in [0, 0.1) is 24.7 Å². The van der Waals surface area contributed by atoms with Gasteiger partial charge in [-0.1, -0.05) is 65.5 Å². The number of hydrogen-bond donors (Lipinski definition) is 0. The summed E-state index contributed by atoms with van der Waals surface area (Å²) in [6.45, 7) is 3.89. The van der Waals surface area contributed by atoms with Crippen molar-refractivity contribution in [3.63, 3.8) is 0 Å². The second-order valence-corrected chi connectivity index (χ2v) is 14.2. The van der Waals surface area contributed by atoms with Gasteiger partial charge in [0.1, 0.15) is 15.5 Å². The number of nitrogens with zero attached hydrogens (tertiary/aromatic N) is 2. The van der Waals surface area contributed by atoms with Gasteiger partial charge < -0.3 is 9.64 Å². The molecule has 2 bridgehead atoms. The van der Waals surface area contributed by atoms with Crippen LogP contribution in [0.2, 0.25) is 0 Å². The molecule has 0 radical (unpaired) electrons. The zero-order valence-corrected chi connectivity index (χ0v) is 26.6. The highest BCUT2D eigenvalue weighted by Crippen LogP contribution is 2.77. The number of rotatable bonds is 5. The van der Waals surface area contributed by atoms with Gasteiger partial charge in [0.05, 0.1) is 33.5 Å². The topological polar surface area (TPSA) is 84.0 Å². The number of ether oxygens (including phenoxy) is 1. The number of alkyl halides is 4. The Balaban J connectivity index is 1.20. The predicted molar refractivity (Wildman–Crippen MR) is 163 cm³/mol. The number of aryl methyl sites for hydroxylation is 2. The summed E-state index contributed by atoms with van der Waals surface area (Å²) in [6, 6.07) is 12.1. The molecule has 0 aromatic heterocycles. The molecule has 2 aliphatic heterocycles. The second-order valence-electron chi connectivity index (χ2n) is 10.9. The van der Waals surface area contributed by atoms with E-state index in [4.69, 9.17) is 74.3 Å². The SMILES string of the molecule is CCc1ccc(N2C[C@H](C(=O)Oc3ccc(N4C(=O)[C@H]5[C@H](C4=O)[C@@]4(Cl)C(Cl)=C(Cl)[C@@]5(Cl)C4(Cl)Cl)c(C)c3)CC2=O)cc1. The minimum absolute atomic E-state index is 0.0210. The van der Waals surface area contributed by atoms with Crippen molar-refractivity contribution in [2.75, 3.05) is 16.3 Å². The number of amides is 3. The molecule has 2 aromatic carbocycles. The first kappa shape index (κ1) is 30.0. The molecule has 4 aliphatic rings. The Hall–Kier alpha value is -2.00. The lowest BCUT2D eigenvalue weighted by Crippen LogP contribution is -2.50. The van der Waals surface area contributed by atoms with Crippen LogP contribution in [-0.4, -0.2) is 44.3 Å². The van der Waals surface area contributed by atoms with Gasteiger partial charge in [0.2, 0.25) is 17.7 Å². The number of fused-ring (bicyclic) bond motifs is 5. The average molecular weight is 691 g/mol. The number of allylic oxidation sites excluding steroid dienone is 2. The van der Waals surface area contributed by atoms with Crippen LogP contribution >= 0.6 is 69.6 Å². The number of anilines is 2. The predicted octanol–water partition coefficient (Wildman–Crippen LogP) is 6.47. The molecule has 2 aliphatic carbocycles. The van der Waals surface area contributed by atoms with Gasteiger partial charge in [-0.25, -0.2) is 4.90 Å². The van der Waals surface area contributed by atoms with E-state index in [2.05, 4.69) is 0 Å². The van der Waals surface area contributed by atoms with E-state index in [1.54, 1.807) is 11.8 Å². The van der Waals surface area contributed by atoms with Crippen LogP contribution in [0.25, 0.3) is 0 Å². The first-order chi connectivity index (χ1) is 19.7. The van der Waals surface area contributed by atoms with E-state index in [0.717, 1.165) is 22.6 Å². The van der Waals surface area contributed by atoms with E-state index in [-0.39, 0.29) is 40.4 Å². The summed E-state index contributed by atoms with van der Waals surface area (Å²) < 4.78 is 3.58. The maximum absolute atomic E-state index is 13.7. The van der Waals surface area contributed by atoms with Crippen LogP contribution < -0.4 is 14.5 Å². The number of carbonyl (C=O) groups is 4. The fourth-order valence-electron chi connectivity index (χ4n) is 6.40. The summed E-state index contributed by atoms with van der Waals surface area (Å²) in [4.78, 5) is 51.7. The molecule has 0 unspecified atom stereocenters. The molecule has 1 saturated carbocycles. The number of imide groups is 1. The summed E-state index contributed by atoms with van der Waals surface area (Å²) in [6.07, 6.45) is 0.901. The van der Waals surface area contributed by atoms with Gasteiger partial charge >= 0.3 is 5.97 Å². The van der Waals surface area contributed by atoms with E-state index in [0.29, 0.717) is 5.56 Å². The number of hydrogen-bond acceptors (Lipinski definition) is 5. The molecule has 2 saturated heterocycles. The lowest BCUT2D eigenvalue weighted by Gasteiger charge is -2.34. The van der Waals surface area contributed by atoms with E-state index < -0.39 is 49.6 Å². The van der Waals surface area contributed by atoms with Crippen LogP contribution in [0.3, 0.4) is 0 Å². The summed E-state index contributed by atoms with van der Waals surface area (Å²) >= 11 is 39.4. The number of carbonyl (C=O) groups excluding carboxylic acids is 4. The molecule has 5 atom stereocenters. The monoisotopic (exact) mass is 688 g/mol. The Morgan fingerprint density at radius 3 is 2.02 bits per heavy atom. The number of halogens is 6. The normalized spacial score (nSPS) is 31.4. The third-order valence-electron chi connectivity index (χ3n) is 8.65. The van der Waals surface area contributed by atoms with E-state index >= 15 is 0 Å². The van der Waals surface area contributed by atoms with Crippen molar-refractivity contribution in [2.45, 2.75) is 40.8 Å². The van der Waals surface area contributed by atoms with Crippen LogP contribution in [0.15, 0.2) is 52.5 Å². The lowest BCUT2D eigenvalue weighted by atomic mass is 9.84. The molecule has 6 rings (SSSR count). The van der Waals surface area contributed by atoms with Crippen molar-refractivity contribution >= 4 is 105 Å². The average Bonchev–Trinajstić information content (AvgIpc) is 3.54. The third-order valence-corrected chi connectivity index (χ3v) is 12.9. The van der Waals surface area contributed by atoms with Crippen LogP contribution in [0.1, 0.15) is 24.5 Å². The largest absolute Gasteiger partial charge is 0.426 e. The molecule has 0 spiro atoms. The molecule has 42 heavy (non-hydrogen) atoms. The first-order valence-electron chi connectivity index (χ1n) is 13.1. The molecule has 7 nitrogen and oxygen atoms in total. The third kappa shape index (κ3) is 3.80. The fourth-order valence-corrected chi connectivity index (χ4v) is 9.33. The van der Waals surface area contributed by atoms with E-state index in [1.165, 1.54) is 18.2 Å². The molecular formula is C29H22Cl6N2O5. The van der Waals surface area contributed by atoms with Crippen LogP contribution in [0.4, 0.5) is 11.4 Å². The van der Waals surface area contributed by atoms with Gasteiger partial charge in [0, 0.05) is 18.7 Å². The molecule has 13 heteroatoms. The van der Waals surface area contributed by atoms with Gasteiger partial charge in [-0.15, -0.1) is 23.2 Å². The quantitative estimate of drug-likeness (QED) is 0.156. The molecular weight excluding hydrogens is 669 g/mol. The van der Waals surface area contributed by atoms with Crippen molar-refractivity contribution in [3.8, 4) is 5.75 Å². The summed E-state index contributed by atoms with van der Waals surface area (Å²) in [5.41, 5.74) is 2.56. The molecule has 3 amide bonds. The van der Waals surface area contributed by atoms with Crippen LogP contribution in [-0.2, 0) is 25.6 Å². The fraction of sp³-hybridized carbons (Fsp3) is 0.379. The zero-order chi connectivity index (χ0) is 30.5. The van der Waals surface area contributed by atoms with Gasteiger partial charge in [-0.2, -0.15) is 0 Å². The molecule has 220 valence electrons. The first-order valence-corrected chi connectivity index (χ1v) is 15.4. The Morgan fingerprint density at radius 2 is 1.50 bits per heavy atom. The van der Waals surface area contributed by atoms with Crippen molar-refractivity contribution in [1.82, 2.24) is 0 Å². The summed E-state index contributed by atoms with van der Waals surface area (Å²) in [7, 11) is 0. The summed E-state index contributed by atoms with van der Waals surface area (Å²) in [5.74, 6) is -5.08. The highest BCUT2D eigenvalue weighted by Gasteiger charge is 2.87. The smallest absolute Gasteiger partial charge is 0.316 e. The Morgan fingerprint density at radius 1 is 0.929 bits per heavy atom. The maximum atomic E-state index is 13.7. The molecule has 2 aromatic rings. The van der Waals surface area contributed by atoms with Crippen molar-refractivity contribution in [2.24, 2.45) is 17.8 Å². The minimum atomic E-state index is -2.02. The highest BCUT2D eigenvalue weighted by molar-refractivity contribution is 6.67. The van der Waals surface area contributed by atoms with Crippen molar-refractivity contribution in [3.05, 3.63) is 63.7 Å². The van der Waals surface area contributed by atoms with Crippen molar-refractivity contribution < 1.29 is 23.9 Å². The zero-order valence-electron chi connectivity index (χ0n) is 22.1. The van der Waals surface area contributed by atoms with E-state index in [9.17, 15) is 19.2 Å². The van der Waals surface area contributed by atoms with Gasteiger partial charge in [-0.3, -0.25) is 19.2 Å². The Bertz CT molecular complexity index is 1560. The van der Waals surface area contributed by atoms with Gasteiger partial charge in [0.25, 0.3) is 0 Å². The maximum Gasteiger partial charge on any atom is 0.316 e. The lowest BCUT2D eigenvalue weighted by molar-refractivity contribution is -0.139. The molecule has 2 heterocycles. The molecule has 3 fully saturated rings. The van der Waals surface area contributed by atoms with Gasteiger partial charge in [0.15, 0.2) is 4.33 Å². The number of esters is 1. The van der Waals surface area contributed by atoms with Crippen molar-refractivity contribution in [1.29, 1.82) is 0 Å². The Kier molecular flexibility index (Phi) is 7.16. The second kappa shape index (κ2) is 10.0. The Labute approximate surface area is 271 Å². The number of benzene rings is 2. The standard InChI is InChI=1S/C29H22Cl6N2O5/c1-3-14-4-6-16(7-5-14)36-12-15(11-19(36)38)26(41)42-17-8-9-18(13(2)10-17)37-24(39)20-21(25(37)40)28(33)23(31)22(30)27(20,32)29(28,34)35/h4-10,15,20-21H,3,11-12H2,1-2H3/t15-,20-,21-,27-,28-/m1/s1.